The number of aromatic nitrogens is 1. The molecule has 137 valence electrons. The number of esters is 1. The molecule has 0 spiro atoms. The van der Waals surface area contributed by atoms with Gasteiger partial charge in [-0.25, -0.2) is 13.2 Å². The van der Waals surface area contributed by atoms with E-state index in [-0.39, 0.29) is 40.7 Å². The Labute approximate surface area is 176 Å². The van der Waals surface area contributed by atoms with Crippen molar-refractivity contribution in [1.82, 2.24) is 9.88 Å². The fraction of sp³-hybridized carbons (Fsp3) is 0.250. The van der Waals surface area contributed by atoms with Gasteiger partial charge in [-0.2, -0.15) is 0 Å². The molecule has 0 aliphatic carbocycles. The molecule has 9 nitrogen and oxygen atoms in total. The Balaban J connectivity index is 0.00000261. The number of carboxylic acid groups (broad SMARTS) is 1. The minimum Gasteiger partial charge on any atom is -0.477 e. The molecule has 1 atom stereocenters. The van der Waals surface area contributed by atoms with Gasteiger partial charge in [0, 0.05) is 48.3 Å². The zero-order valence-electron chi connectivity index (χ0n) is 14.6. The van der Waals surface area contributed by atoms with Crippen molar-refractivity contribution < 1.29 is 32.6 Å². The molecule has 0 aromatic carbocycles. The smallest absolute Gasteiger partial charge is 0.352 e. The molecule has 0 bridgehead atoms. The molecule has 3 rings (SSSR count). The van der Waals surface area contributed by atoms with E-state index in [4.69, 9.17) is 4.74 Å². The molecule has 1 amide bonds. The maximum atomic E-state index is 12.6. The van der Waals surface area contributed by atoms with Crippen molar-refractivity contribution in [1.29, 1.82) is 0 Å². The van der Waals surface area contributed by atoms with E-state index < -0.39 is 51.1 Å². The van der Waals surface area contributed by atoms with Crippen LogP contribution in [0, 0.1) is 0 Å². The van der Waals surface area contributed by atoms with Crippen molar-refractivity contribution in [2.75, 3.05) is 12.4 Å². The molecule has 0 unspecified atom stereocenters. The molecule has 1 saturated heterocycles. The van der Waals surface area contributed by atoms with Gasteiger partial charge in [-0.05, 0) is 18.2 Å². The van der Waals surface area contributed by atoms with Crippen molar-refractivity contribution in [2.24, 2.45) is 0 Å². The molecule has 1 aromatic heterocycles. The molecule has 2 aliphatic rings. The predicted octanol–water partition coefficient (Wildman–Crippen LogP) is -0.417. The summed E-state index contributed by atoms with van der Waals surface area (Å²) in [5, 5.41) is 8.06. The number of hydrogen-bond acceptors (Lipinski definition) is 7. The van der Waals surface area contributed by atoms with Crippen LogP contribution in [0.2, 0.25) is 0 Å². The summed E-state index contributed by atoms with van der Waals surface area (Å²) in [5.74, 6) is -3.50. The molecule has 1 fully saturated rings. The first-order chi connectivity index (χ1) is 12.2. The number of ether oxygens (including phenoxy) is 1. The first kappa shape index (κ1) is 21.3. The molecule has 3 heterocycles. The van der Waals surface area contributed by atoms with E-state index in [0.717, 1.165) is 11.8 Å². The number of fused-ring (bicyclic) bond motifs is 1. The minimum atomic E-state index is -3.89. The Morgan fingerprint density at radius 2 is 2.11 bits per heavy atom. The largest absolute Gasteiger partial charge is 0.477 e. The summed E-state index contributed by atoms with van der Waals surface area (Å²) >= 11 is 0. The van der Waals surface area contributed by atoms with Gasteiger partial charge in [0.05, 0.1) is 17.0 Å². The zero-order chi connectivity index (χ0) is 19.1. The Hall–Kier alpha value is -2.01. The summed E-state index contributed by atoms with van der Waals surface area (Å²) in [7, 11) is -3.89. The van der Waals surface area contributed by atoms with Gasteiger partial charge in [-0.15, -0.1) is 0 Å². The number of carbonyl (C=O) groups excluding carboxylic acids is 2. The van der Waals surface area contributed by atoms with Crippen LogP contribution in [0.15, 0.2) is 41.2 Å². The van der Waals surface area contributed by atoms with Gasteiger partial charge >= 0.3 is 11.9 Å². The monoisotopic (exact) mass is 401 g/mol. The summed E-state index contributed by atoms with van der Waals surface area (Å²) in [6.45, 7) is 0.607. The van der Waals surface area contributed by atoms with Gasteiger partial charge < -0.3 is 9.84 Å². The number of pyridine rings is 1. The first-order valence-electron chi connectivity index (χ1n) is 7.49. The number of amides is 1. The topological polar surface area (TPSA) is 131 Å². The average molecular weight is 401 g/mol. The van der Waals surface area contributed by atoms with E-state index in [2.05, 4.69) is 4.98 Å². The molecule has 2 aliphatic heterocycles. The Kier molecular flexibility index (Phi) is 6.25. The van der Waals surface area contributed by atoms with E-state index in [9.17, 15) is 27.9 Å². The number of sulfone groups is 1. The van der Waals surface area contributed by atoms with Crippen LogP contribution in [0.1, 0.15) is 12.6 Å². The van der Waals surface area contributed by atoms with Crippen LogP contribution in [-0.4, -0.2) is 88.5 Å². The second kappa shape index (κ2) is 7.93. The minimum absolute atomic E-state index is 0. The fourth-order valence-corrected chi connectivity index (χ4v) is 4.81. The van der Waals surface area contributed by atoms with Gasteiger partial charge in [0.15, 0.2) is 15.2 Å². The van der Waals surface area contributed by atoms with Gasteiger partial charge in [0.1, 0.15) is 12.3 Å². The second-order valence-corrected chi connectivity index (χ2v) is 7.79. The number of nitrogens with zero attached hydrogens (tertiary/aromatic N) is 2. The number of carboxylic acids is 1. The van der Waals surface area contributed by atoms with Crippen LogP contribution < -0.4 is 0 Å². The number of aliphatic carboxylic acids is 1. The summed E-state index contributed by atoms with van der Waals surface area (Å²) in [6, 6.07) is 4.94. The van der Waals surface area contributed by atoms with E-state index in [1.807, 2.05) is 0 Å². The molecular formula is C16H14N2NaO7S. The van der Waals surface area contributed by atoms with Crippen LogP contribution in [0.25, 0.3) is 6.08 Å². The summed E-state index contributed by atoms with van der Waals surface area (Å²) in [5.41, 5.74) is -0.269. The normalized spacial score (nSPS) is 21.8. The van der Waals surface area contributed by atoms with Crippen molar-refractivity contribution in [3.8, 4) is 0 Å². The summed E-state index contributed by atoms with van der Waals surface area (Å²) < 4.78 is 29.9. The zero-order valence-corrected chi connectivity index (χ0v) is 17.4. The number of rotatable bonds is 4. The number of carbonyl (C=O) groups is 3. The van der Waals surface area contributed by atoms with Crippen LogP contribution in [0.3, 0.4) is 0 Å². The van der Waals surface area contributed by atoms with E-state index in [1.54, 1.807) is 18.2 Å². The fourth-order valence-electron chi connectivity index (χ4n) is 2.86. The van der Waals surface area contributed by atoms with Gasteiger partial charge in [-0.3, -0.25) is 19.5 Å². The maximum absolute atomic E-state index is 12.6. The maximum Gasteiger partial charge on any atom is 0.352 e. The van der Waals surface area contributed by atoms with E-state index >= 15 is 0 Å². The van der Waals surface area contributed by atoms with Crippen LogP contribution in [-0.2, 0) is 29.0 Å². The van der Waals surface area contributed by atoms with Crippen molar-refractivity contribution in [3.05, 3.63) is 46.9 Å². The quantitative estimate of drug-likeness (QED) is 0.312. The third-order valence-electron chi connectivity index (χ3n) is 3.90. The van der Waals surface area contributed by atoms with Gasteiger partial charge in [0.25, 0.3) is 5.91 Å². The van der Waals surface area contributed by atoms with Crippen LogP contribution >= 0.6 is 0 Å². The standard InChI is InChI=1S/C16H14N2O7S.Na/c1-9(19)25-7-10-8-26(23,24)15-12(6-11-4-2-3-5-17-11)14(20)18(15)13(10)16(21)22;/h2-6,15H,7-8H2,1H3,(H,21,22);/b12-6-;/t15-;/m1./s1. The molecule has 11 heteroatoms. The van der Waals surface area contributed by atoms with Crippen molar-refractivity contribution >= 4 is 63.3 Å². The Morgan fingerprint density at radius 1 is 1.41 bits per heavy atom. The SMILES string of the molecule is CC(=O)OCC1=C(C(=O)O)N2C(=O)/C(=C/c3ccccn3)[C@H]2S(=O)(=O)C1.[Na]. The molecule has 1 N–H and O–H groups in total. The first-order valence-corrected chi connectivity index (χ1v) is 9.20. The predicted molar refractivity (Wildman–Crippen MR) is 93.7 cm³/mol. The van der Waals surface area contributed by atoms with E-state index in [1.165, 1.54) is 12.3 Å². The number of hydrogen-bond donors (Lipinski definition) is 1. The van der Waals surface area contributed by atoms with E-state index in [0.29, 0.717) is 5.69 Å². The Bertz CT molecular complexity index is 970. The molecular weight excluding hydrogens is 387 g/mol. The molecule has 1 aromatic rings. The summed E-state index contributed by atoms with van der Waals surface area (Å²) in [6.07, 6.45) is 2.82. The number of β-lactam (4-membered cyclic amide) rings is 1. The third-order valence-corrected chi connectivity index (χ3v) is 5.80. The molecule has 27 heavy (non-hydrogen) atoms. The second-order valence-electron chi connectivity index (χ2n) is 5.73. The van der Waals surface area contributed by atoms with Crippen molar-refractivity contribution in [3.63, 3.8) is 0 Å². The molecule has 0 saturated carbocycles. The van der Waals surface area contributed by atoms with Gasteiger partial charge in [0.2, 0.25) is 0 Å². The summed E-state index contributed by atoms with van der Waals surface area (Å²) in [4.78, 5) is 39.7. The third kappa shape index (κ3) is 3.98. The van der Waals surface area contributed by atoms with Gasteiger partial charge in [-0.1, -0.05) is 6.07 Å². The molecule has 1 radical (unpaired) electrons. The average Bonchev–Trinajstić information content (AvgIpc) is 2.57. The van der Waals surface area contributed by atoms with Crippen LogP contribution in [0.5, 0.6) is 0 Å². The van der Waals surface area contributed by atoms with Crippen molar-refractivity contribution in [2.45, 2.75) is 12.3 Å². The van der Waals surface area contributed by atoms with Crippen LogP contribution in [0.4, 0.5) is 0 Å². The Morgan fingerprint density at radius 3 is 2.67 bits per heavy atom.